The van der Waals surface area contributed by atoms with Gasteiger partial charge < -0.3 is 14.6 Å². The molecule has 0 bridgehead atoms. The van der Waals surface area contributed by atoms with Gasteiger partial charge in [0.2, 0.25) is 10.0 Å². The van der Waals surface area contributed by atoms with E-state index in [0.717, 1.165) is 17.5 Å². The Labute approximate surface area is 213 Å². The molecule has 1 aliphatic carbocycles. The molecule has 0 heterocycles. The van der Waals surface area contributed by atoms with Crippen LogP contribution < -0.4 is 9.47 Å². The molecule has 3 aromatic carbocycles. The van der Waals surface area contributed by atoms with Crippen LogP contribution in [0.1, 0.15) is 30.0 Å². The van der Waals surface area contributed by atoms with Crippen LogP contribution in [0.25, 0.3) is 0 Å². The lowest BCUT2D eigenvalue weighted by atomic mass is 9.87. The molecule has 0 radical (unpaired) electrons. The van der Waals surface area contributed by atoms with Crippen LogP contribution in [0.4, 0.5) is 0 Å². The van der Waals surface area contributed by atoms with Crippen LogP contribution in [0.2, 0.25) is 10.0 Å². The second-order valence-electron chi connectivity index (χ2n) is 8.08. The Kier molecular flexibility index (Phi) is 7.56. The van der Waals surface area contributed by atoms with E-state index in [1.807, 2.05) is 6.07 Å². The fraction of sp³-hybridized carbons (Fsp3) is 0.240. The number of hydrogen-bond acceptors (Lipinski definition) is 5. The number of carboxylic acids is 1. The van der Waals surface area contributed by atoms with Crippen molar-refractivity contribution in [3.05, 3.63) is 81.8 Å². The number of carboxylic acid groups (broad SMARTS) is 1. The van der Waals surface area contributed by atoms with Crippen LogP contribution in [-0.4, -0.2) is 37.5 Å². The minimum atomic E-state index is -3.90. The van der Waals surface area contributed by atoms with Crippen molar-refractivity contribution in [2.24, 2.45) is 0 Å². The number of sulfonamides is 1. The van der Waals surface area contributed by atoms with E-state index in [-0.39, 0.29) is 9.92 Å². The van der Waals surface area contributed by atoms with Gasteiger partial charge in [0.15, 0.2) is 6.61 Å². The Hall–Kier alpha value is -2.78. The molecule has 1 atom stereocenters. The van der Waals surface area contributed by atoms with Gasteiger partial charge in [0.25, 0.3) is 0 Å². The molecular formula is C25H23Cl2NO6S. The van der Waals surface area contributed by atoms with Gasteiger partial charge >= 0.3 is 5.97 Å². The first kappa shape index (κ1) is 25.3. The van der Waals surface area contributed by atoms with Crippen LogP contribution in [-0.2, 0) is 21.2 Å². The van der Waals surface area contributed by atoms with Crippen molar-refractivity contribution >= 4 is 39.2 Å². The van der Waals surface area contributed by atoms with Gasteiger partial charge in [-0.25, -0.2) is 13.2 Å². The number of benzene rings is 3. The fourth-order valence-electron chi connectivity index (χ4n) is 4.13. The Morgan fingerprint density at radius 3 is 2.51 bits per heavy atom. The minimum absolute atomic E-state index is 0.0406. The van der Waals surface area contributed by atoms with Crippen LogP contribution in [0.5, 0.6) is 17.2 Å². The van der Waals surface area contributed by atoms with Gasteiger partial charge in [-0.1, -0.05) is 35.3 Å². The van der Waals surface area contributed by atoms with E-state index >= 15 is 0 Å². The zero-order valence-corrected chi connectivity index (χ0v) is 21.1. The smallest absolute Gasteiger partial charge is 0.341 e. The quantitative estimate of drug-likeness (QED) is 0.383. The highest BCUT2D eigenvalue weighted by Crippen LogP contribution is 2.41. The van der Waals surface area contributed by atoms with Gasteiger partial charge in [0, 0.05) is 12.1 Å². The lowest BCUT2D eigenvalue weighted by Crippen LogP contribution is -2.33. The van der Waals surface area contributed by atoms with Crippen molar-refractivity contribution in [2.75, 3.05) is 13.7 Å². The second kappa shape index (κ2) is 10.5. The first-order chi connectivity index (χ1) is 16.7. The molecule has 1 N–H and O–H groups in total. The monoisotopic (exact) mass is 535 g/mol. The molecule has 4 rings (SSSR count). The standard InChI is InChI=1S/C25H23Cl2NO6S/c1-28(22-6-2-5-20-19(22)4-3-7-23(20)33-15-25(29)30)35(31,32)18-12-13-24(21(27)14-18)34-17-10-8-16(26)9-11-17/h3-4,7-14,22H,2,5-6,15H2,1H3,(H,29,30)/t22-/m1/s1. The first-order valence-electron chi connectivity index (χ1n) is 10.8. The summed E-state index contributed by atoms with van der Waals surface area (Å²) in [4.78, 5) is 11.0. The highest BCUT2D eigenvalue weighted by molar-refractivity contribution is 7.89. The van der Waals surface area contributed by atoms with Gasteiger partial charge in [-0.3, -0.25) is 0 Å². The number of carbonyl (C=O) groups is 1. The highest BCUT2D eigenvalue weighted by atomic mass is 35.5. The SMILES string of the molecule is CN([C@@H]1CCCc2c(OCC(=O)O)cccc21)S(=O)(=O)c1ccc(Oc2ccc(Cl)cc2)c(Cl)c1. The lowest BCUT2D eigenvalue weighted by molar-refractivity contribution is -0.139. The Balaban J connectivity index is 1.59. The maximum absolute atomic E-state index is 13.5. The first-order valence-corrected chi connectivity index (χ1v) is 13.0. The number of fused-ring (bicyclic) bond motifs is 1. The third kappa shape index (κ3) is 5.56. The molecule has 3 aromatic rings. The third-order valence-electron chi connectivity index (χ3n) is 5.84. The summed E-state index contributed by atoms with van der Waals surface area (Å²) in [6.45, 7) is -0.460. The van der Waals surface area contributed by atoms with Crippen molar-refractivity contribution in [3.63, 3.8) is 0 Å². The zero-order chi connectivity index (χ0) is 25.2. The molecule has 7 nitrogen and oxygen atoms in total. The van der Waals surface area contributed by atoms with Crippen molar-refractivity contribution in [1.29, 1.82) is 0 Å². The van der Waals surface area contributed by atoms with E-state index in [2.05, 4.69) is 0 Å². The summed E-state index contributed by atoms with van der Waals surface area (Å²) in [7, 11) is -2.36. The number of nitrogens with zero attached hydrogens (tertiary/aromatic N) is 1. The number of hydrogen-bond donors (Lipinski definition) is 1. The number of ether oxygens (including phenoxy) is 2. The maximum atomic E-state index is 13.5. The van der Waals surface area contributed by atoms with Crippen LogP contribution in [0, 0.1) is 0 Å². The van der Waals surface area contributed by atoms with E-state index in [1.165, 1.54) is 29.6 Å². The van der Waals surface area contributed by atoms with Crippen molar-refractivity contribution in [2.45, 2.75) is 30.2 Å². The molecule has 35 heavy (non-hydrogen) atoms. The van der Waals surface area contributed by atoms with Gasteiger partial charge in [0.1, 0.15) is 17.2 Å². The molecular weight excluding hydrogens is 513 g/mol. The zero-order valence-electron chi connectivity index (χ0n) is 18.8. The van der Waals surface area contributed by atoms with Crippen LogP contribution in [0.3, 0.4) is 0 Å². The average molecular weight is 536 g/mol. The molecule has 0 saturated heterocycles. The molecule has 0 fully saturated rings. The average Bonchev–Trinajstić information content (AvgIpc) is 2.84. The van der Waals surface area contributed by atoms with Crippen molar-refractivity contribution in [1.82, 2.24) is 4.31 Å². The van der Waals surface area contributed by atoms with E-state index < -0.39 is 28.6 Å². The largest absolute Gasteiger partial charge is 0.482 e. The molecule has 10 heteroatoms. The second-order valence-corrected chi connectivity index (χ2v) is 10.9. The Bertz CT molecular complexity index is 1340. The Morgan fingerprint density at radius 1 is 1.09 bits per heavy atom. The van der Waals surface area contributed by atoms with Gasteiger partial charge in [-0.15, -0.1) is 0 Å². The van der Waals surface area contributed by atoms with Gasteiger partial charge in [-0.05, 0) is 78.9 Å². The highest BCUT2D eigenvalue weighted by Gasteiger charge is 2.33. The maximum Gasteiger partial charge on any atom is 0.341 e. The van der Waals surface area contributed by atoms with Crippen LogP contribution in [0.15, 0.2) is 65.6 Å². The number of halogens is 2. The predicted octanol–water partition coefficient (Wildman–Crippen LogP) is 5.95. The number of aliphatic carboxylic acids is 1. The third-order valence-corrected chi connectivity index (χ3v) is 8.25. The van der Waals surface area contributed by atoms with Crippen molar-refractivity contribution < 1.29 is 27.8 Å². The topological polar surface area (TPSA) is 93.1 Å². The molecule has 0 unspecified atom stereocenters. The summed E-state index contributed by atoms with van der Waals surface area (Å²) in [6.07, 6.45) is 2.04. The van der Waals surface area contributed by atoms with E-state index in [0.29, 0.717) is 35.1 Å². The summed E-state index contributed by atoms with van der Waals surface area (Å²) < 4.78 is 39.5. The van der Waals surface area contributed by atoms with Crippen LogP contribution >= 0.6 is 23.2 Å². The lowest BCUT2D eigenvalue weighted by Gasteiger charge is -2.33. The van der Waals surface area contributed by atoms with E-state index in [4.69, 9.17) is 37.8 Å². The summed E-state index contributed by atoms with van der Waals surface area (Å²) in [5.41, 5.74) is 1.63. The van der Waals surface area contributed by atoms with Gasteiger partial charge in [-0.2, -0.15) is 4.31 Å². The summed E-state index contributed by atoms with van der Waals surface area (Å²) in [5.74, 6) is 0.227. The summed E-state index contributed by atoms with van der Waals surface area (Å²) >= 11 is 12.3. The fourth-order valence-corrected chi connectivity index (χ4v) is 5.93. The predicted molar refractivity (Wildman–Crippen MR) is 133 cm³/mol. The molecule has 0 aliphatic heterocycles. The Morgan fingerprint density at radius 2 is 1.83 bits per heavy atom. The van der Waals surface area contributed by atoms with Gasteiger partial charge in [0.05, 0.1) is 16.0 Å². The molecule has 0 saturated carbocycles. The summed E-state index contributed by atoms with van der Waals surface area (Å²) in [6, 6.07) is 16.0. The normalized spacial score (nSPS) is 15.5. The van der Waals surface area contributed by atoms with E-state index in [1.54, 1.807) is 36.4 Å². The molecule has 0 aromatic heterocycles. The molecule has 0 amide bonds. The van der Waals surface area contributed by atoms with Crippen molar-refractivity contribution in [3.8, 4) is 17.2 Å². The minimum Gasteiger partial charge on any atom is -0.482 e. The summed E-state index contributed by atoms with van der Waals surface area (Å²) in [5, 5.41) is 9.67. The molecule has 184 valence electrons. The molecule has 1 aliphatic rings. The molecule has 0 spiro atoms. The van der Waals surface area contributed by atoms with E-state index in [9.17, 15) is 13.2 Å². The number of rotatable bonds is 8.